The summed E-state index contributed by atoms with van der Waals surface area (Å²) in [6.07, 6.45) is 9.32. The van der Waals surface area contributed by atoms with Crippen molar-refractivity contribution in [1.82, 2.24) is 9.88 Å². The molecule has 0 aliphatic carbocycles. The van der Waals surface area contributed by atoms with Gasteiger partial charge in [0.2, 0.25) is 0 Å². The van der Waals surface area contributed by atoms with E-state index in [1.807, 2.05) is 6.07 Å². The van der Waals surface area contributed by atoms with Crippen molar-refractivity contribution in [2.24, 2.45) is 0 Å². The maximum Gasteiger partial charge on any atom is 0.329 e. The van der Waals surface area contributed by atoms with Crippen molar-refractivity contribution in [2.45, 2.75) is 12.5 Å². The first-order valence-corrected chi connectivity index (χ1v) is 7.84. The first kappa shape index (κ1) is 17.3. The molecule has 1 aromatic carbocycles. The number of nitrogens with zero attached hydrogens (tertiary/aromatic N) is 1. The van der Waals surface area contributed by atoms with Crippen molar-refractivity contribution >= 4 is 28.7 Å². The molecule has 7 nitrogen and oxygen atoms in total. The van der Waals surface area contributed by atoms with Crippen LogP contribution in [0.3, 0.4) is 0 Å². The van der Waals surface area contributed by atoms with Gasteiger partial charge in [0.05, 0.1) is 7.11 Å². The van der Waals surface area contributed by atoms with E-state index < -0.39 is 23.8 Å². The summed E-state index contributed by atoms with van der Waals surface area (Å²) in [6, 6.07) is 4.34. The fraction of sp³-hybridized carbons (Fsp3) is 0.211. The highest BCUT2D eigenvalue weighted by Gasteiger charge is 2.37. The Morgan fingerprint density at radius 2 is 2.04 bits per heavy atom. The maximum absolute atomic E-state index is 12.2. The molecule has 7 heteroatoms. The zero-order valence-corrected chi connectivity index (χ0v) is 14.0. The molecule has 0 spiro atoms. The quantitative estimate of drug-likeness (QED) is 0.479. The number of fused-ring (bicyclic) bond motifs is 1. The summed E-state index contributed by atoms with van der Waals surface area (Å²) in [5.74, 6) is 1.24. The molecular weight excluding hydrogens is 336 g/mol. The second-order valence-corrected chi connectivity index (χ2v) is 5.64. The summed E-state index contributed by atoms with van der Waals surface area (Å²) in [5, 5.41) is 0.806. The SMILES string of the molecule is C#CCOc1ccc2[nH]cc(C[C@@H](C(=O)OC)N3C(=O)C=CC3=O)c2c1. The number of carbonyl (C=O) groups excluding carboxylic acids is 3. The fourth-order valence-electron chi connectivity index (χ4n) is 2.88. The Labute approximate surface area is 149 Å². The Morgan fingerprint density at radius 1 is 1.31 bits per heavy atom. The van der Waals surface area contributed by atoms with E-state index in [2.05, 4.69) is 10.9 Å². The van der Waals surface area contributed by atoms with Crippen LogP contribution in [0.1, 0.15) is 5.56 Å². The Kier molecular flexibility index (Phi) is 4.76. The number of aromatic nitrogens is 1. The Bertz CT molecular complexity index is 932. The van der Waals surface area contributed by atoms with Crippen LogP contribution in [-0.2, 0) is 25.5 Å². The summed E-state index contributed by atoms with van der Waals surface area (Å²) in [5.41, 5.74) is 1.57. The van der Waals surface area contributed by atoms with Crippen molar-refractivity contribution in [3.8, 4) is 18.1 Å². The molecule has 0 unspecified atom stereocenters. The zero-order valence-electron chi connectivity index (χ0n) is 14.0. The van der Waals surface area contributed by atoms with Crippen LogP contribution < -0.4 is 4.74 Å². The number of H-pyrrole nitrogens is 1. The minimum absolute atomic E-state index is 0.116. The fourth-order valence-corrected chi connectivity index (χ4v) is 2.88. The number of rotatable bonds is 6. The van der Waals surface area contributed by atoms with Gasteiger partial charge < -0.3 is 14.5 Å². The number of ether oxygens (including phenoxy) is 2. The van der Waals surface area contributed by atoms with Gasteiger partial charge >= 0.3 is 5.97 Å². The number of amides is 2. The topological polar surface area (TPSA) is 88.7 Å². The van der Waals surface area contributed by atoms with Gasteiger partial charge in [-0.15, -0.1) is 6.42 Å². The standard InChI is InChI=1S/C19H16N2O5/c1-3-8-26-13-4-5-15-14(10-13)12(11-20-15)9-16(19(24)25-2)21-17(22)6-7-18(21)23/h1,4-7,10-11,16,20H,8-9H2,2H3/t16-/m0/s1. The summed E-state index contributed by atoms with van der Waals surface area (Å²) in [7, 11) is 1.22. The summed E-state index contributed by atoms with van der Waals surface area (Å²) in [4.78, 5) is 40.2. The molecule has 3 rings (SSSR count). The minimum Gasteiger partial charge on any atom is -0.481 e. The number of aromatic amines is 1. The number of hydrogen-bond acceptors (Lipinski definition) is 5. The molecule has 2 aromatic rings. The number of hydrogen-bond donors (Lipinski definition) is 1. The van der Waals surface area contributed by atoms with E-state index in [-0.39, 0.29) is 13.0 Å². The van der Waals surface area contributed by atoms with E-state index in [1.54, 1.807) is 18.3 Å². The average Bonchev–Trinajstić information content (AvgIpc) is 3.20. The summed E-state index contributed by atoms with van der Waals surface area (Å²) in [6.45, 7) is 0.137. The third kappa shape index (κ3) is 3.17. The molecule has 1 aromatic heterocycles. The molecule has 26 heavy (non-hydrogen) atoms. The molecular formula is C19H16N2O5. The van der Waals surface area contributed by atoms with Crippen molar-refractivity contribution in [1.29, 1.82) is 0 Å². The lowest BCUT2D eigenvalue weighted by Gasteiger charge is -2.23. The highest BCUT2D eigenvalue weighted by Crippen LogP contribution is 2.26. The lowest BCUT2D eigenvalue weighted by molar-refractivity contribution is -0.155. The van der Waals surface area contributed by atoms with Gasteiger partial charge in [-0.25, -0.2) is 4.79 Å². The van der Waals surface area contributed by atoms with Crippen LogP contribution in [0.4, 0.5) is 0 Å². The molecule has 1 atom stereocenters. The molecule has 1 aliphatic heterocycles. The molecule has 2 heterocycles. The second-order valence-electron chi connectivity index (χ2n) is 5.64. The van der Waals surface area contributed by atoms with Gasteiger partial charge in [0.25, 0.3) is 11.8 Å². The van der Waals surface area contributed by atoms with Crippen molar-refractivity contribution in [3.05, 3.63) is 42.1 Å². The highest BCUT2D eigenvalue weighted by atomic mass is 16.5. The molecule has 0 radical (unpaired) electrons. The number of terminal acetylenes is 1. The number of imide groups is 1. The van der Waals surface area contributed by atoms with Gasteiger partial charge in [-0.05, 0) is 23.8 Å². The lowest BCUT2D eigenvalue weighted by atomic mass is 10.0. The molecule has 0 fully saturated rings. The number of benzene rings is 1. The normalized spacial score (nSPS) is 14.5. The van der Waals surface area contributed by atoms with Gasteiger partial charge in [-0.2, -0.15) is 0 Å². The third-order valence-corrected chi connectivity index (χ3v) is 4.10. The first-order chi connectivity index (χ1) is 12.5. The van der Waals surface area contributed by atoms with Crippen LogP contribution in [0, 0.1) is 12.3 Å². The Hall–Kier alpha value is -3.53. The Balaban J connectivity index is 1.94. The second kappa shape index (κ2) is 7.15. The highest BCUT2D eigenvalue weighted by molar-refractivity contribution is 6.14. The van der Waals surface area contributed by atoms with Crippen LogP contribution >= 0.6 is 0 Å². The van der Waals surface area contributed by atoms with Gasteiger partial charge in [-0.1, -0.05) is 5.92 Å². The van der Waals surface area contributed by atoms with Crippen LogP contribution in [0.5, 0.6) is 5.75 Å². The van der Waals surface area contributed by atoms with Gasteiger partial charge in [0.1, 0.15) is 18.4 Å². The van der Waals surface area contributed by atoms with Gasteiger partial charge in [-0.3, -0.25) is 14.5 Å². The summed E-state index contributed by atoms with van der Waals surface area (Å²) >= 11 is 0. The maximum atomic E-state index is 12.2. The van der Waals surface area contributed by atoms with Crippen molar-refractivity contribution in [2.75, 3.05) is 13.7 Å². The molecule has 1 aliphatic rings. The predicted octanol–water partition coefficient (Wildman–Crippen LogP) is 1.19. The largest absolute Gasteiger partial charge is 0.481 e. The first-order valence-electron chi connectivity index (χ1n) is 7.84. The average molecular weight is 352 g/mol. The summed E-state index contributed by atoms with van der Waals surface area (Å²) < 4.78 is 10.2. The molecule has 0 bridgehead atoms. The van der Waals surface area contributed by atoms with Crippen molar-refractivity contribution < 1.29 is 23.9 Å². The molecule has 132 valence electrons. The van der Waals surface area contributed by atoms with Crippen LogP contribution in [0.25, 0.3) is 10.9 Å². The number of methoxy groups -OCH3 is 1. The lowest BCUT2D eigenvalue weighted by Crippen LogP contribution is -2.46. The van der Waals surface area contributed by atoms with Crippen LogP contribution in [0.2, 0.25) is 0 Å². The van der Waals surface area contributed by atoms with E-state index in [0.717, 1.165) is 33.5 Å². The Morgan fingerprint density at radius 3 is 2.69 bits per heavy atom. The number of carbonyl (C=O) groups is 3. The monoisotopic (exact) mass is 352 g/mol. The zero-order chi connectivity index (χ0) is 18.7. The van der Waals surface area contributed by atoms with E-state index in [0.29, 0.717) is 5.75 Å². The smallest absolute Gasteiger partial charge is 0.329 e. The van der Waals surface area contributed by atoms with E-state index in [9.17, 15) is 14.4 Å². The van der Waals surface area contributed by atoms with E-state index in [4.69, 9.17) is 15.9 Å². The van der Waals surface area contributed by atoms with Crippen molar-refractivity contribution in [3.63, 3.8) is 0 Å². The molecule has 2 amide bonds. The molecule has 0 saturated carbocycles. The van der Waals surface area contributed by atoms with E-state index in [1.165, 1.54) is 7.11 Å². The minimum atomic E-state index is -1.05. The molecule has 1 N–H and O–H groups in total. The molecule has 0 saturated heterocycles. The van der Waals surface area contributed by atoms with Gasteiger partial charge in [0, 0.05) is 35.7 Å². The van der Waals surface area contributed by atoms with E-state index >= 15 is 0 Å². The van der Waals surface area contributed by atoms with Gasteiger partial charge in [0.15, 0.2) is 0 Å². The van der Waals surface area contributed by atoms with Crippen LogP contribution in [-0.4, -0.2) is 47.4 Å². The number of esters is 1. The predicted molar refractivity (Wildman–Crippen MR) is 93.1 cm³/mol. The number of nitrogens with one attached hydrogen (secondary N) is 1. The van der Waals surface area contributed by atoms with Crippen LogP contribution in [0.15, 0.2) is 36.5 Å². The third-order valence-electron chi connectivity index (χ3n) is 4.10.